The summed E-state index contributed by atoms with van der Waals surface area (Å²) in [6.07, 6.45) is -0.208. The van der Waals surface area contributed by atoms with Crippen LogP contribution >= 0.6 is 0 Å². The fraction of sp³-hybridized carbons (Fsp3) is 0.519. The van der Waals surface area contributed by atoms with E-state index in [0.717, 1.165) is 11.8 Å². The number of sulfone groups is 1. The van der Waals surface area contributed by atoms with E-state index < -0.39 is 48.7 Å². The third kappa shape index (κ3) is 7.32. The Morgan fingerprint density at radius 1 is 1.05 bits per heavy atom. The molecule has 3 atom stereocenters. The lowest BCUT2D eigenvalue weighted by Crippen LogP contribution is -2.60. The molecule has 0 saturated carbocycles. The van der Waals surface area contributed by atoms with Crippen LogP contribution in [0.25, 0.3) is 0 Å². The van der Waals surface area contributed by atoms with Gasteiger partial charge in [-0.15, -0.1) is 0 Å². The van der Waals surface area contributed by atoms with Crippen LogP contribution < -0.4 is 20.5 Å². The molecule has 4 N–H and O–H groups in total. The van der Waals surface area contributed by atoms with E-state index >= 15 is 0 Å². The van der Waals surface area contributed by atoms with Crippen LogP contribution in [0.4, 0.5) is 0 Å². The van der Waals surface area contributed by atoms with Gasteiger partial charge in [0.1, 0.15) is 6.04 Å². The first kappa shape index (κ1) is 31.8. The van der Waals surface area contributed by atoms with Crippen LogP contribution in [-0.4, -0.2) is 81.2 Å². The molecule has 1 aliphatic rings. The molecule has 0 bridgehead atoms. The standard InChI is InChI=1S/C27H39N3O8S2/c1-18(2)15-30(40(35,36)20-11-12-23-24(14-20)38-17-37-23)16-22(31)21(13-19-9-7-6-8-10-19)29-26(32)25(28)27(3,4)39(5,33)34/h6-12,14,18,21-22,25,31H,13,15-17,28H2,1-5H3,(H,29,32). The number of carbonyl (C=O) groups is 1. The molecule has 0 spiro atoms. The van der Waals surface area contributed by atoms with Gasteiger partial charge in [-0.2, -0.15) is 4.31 Å². The normalized spacial score (nSPS) is 16.1. The van der Waals surface area contributed by atoms with Crippen molar-refractivity contribution in [3.05, 3.63) is 54.1 Å². The van der Waals surface area contributed by atoms with Gasteiger partial charge in [-0.3, -0.25) is 4.79 Å². The summed E-state index contributed by atoms with van der Waals surface area (Å²) in [5, 5.41) is 14.1. The van der Waals surface area contributed by atoms with Gasteiger partial charge in [0.15, 0.2) is 21.3 Å². The van der Waals surface area contributed by atoms with Crippen molar-refractivity contribution in [3.8, 4) is 11.5 Å². The zero-order chi connectivity index (χ0) is 29.9. The Hall–Kier alpha value is -2.71. The highest BCUT2D eigenvalue weighted by molar-refractivity contribution is 7.92. The largest absolute Gasteiger partial charge is 0.454 e. The van der Waals surface area contributed by atoms with E-state index in [4.69, 9.17) is 15.2 Å². The van der Waals surface area contributed by atoms with Gasteiger partial charge in [0.2, 0.25) is 22.7 Å². The first-order valence-electron chi connectivity index (χ1n) is 12.9. The molecule has 11 nitrogen and oxygen atoms in total. The molecule has 0 fully saturated rings. The number of nitrogens with zero attached hydrogens (tertiary/aromatic N) is 1. The number of nitrogens with one attached hydrogen (secondary N) is 1. The molecule has 0 aliphatic carbocycles. The molecule has 13 heteroatoms. The molecule has 1 heterocycles. The lowest BCUT2D eigenvalue weighted by atomic mass is 9.98. The van der Waals surface area contributed by atoms with Crippen LogP contribution in [0.1, 0.15) is 33.3 Å². The molecule has 1 aliphatic heterocycles. The van der Waals surface area contributed by atoms with E-state index in [2.05, 4.69) is 5.32 Å². The Morgan fingerprint density at radius 2 is 1.68 bits per heavy atom. The summed E-state index contributed by atoms with van der Waals surface area (Å²) in [5.74, 6) is -0.109. The molecule has 2 aromatic rings. The molecule has 0 saturated heterocycles. The van der Waals surface area contributed by atoms with Crippen molar-refractivity contribution in [2.24, 2.45) is 11.7 Å². The fourth-order valence-corrected chi connectivity index (χ4v) is 6.38. The van der Waals surface area contributed by atoms with Crippen LogP contribution in [0, 0.1) is 5.92 Å². The Morgan fingerprint density at radius 3 is 2.27 bits per heavy atom. The highest BCUT2D eigenvalue weighted by Gasteiger charge is 2.42. The van der Waals surface area contributed by atoms with Crippen LogP contribution in [-0.2, 0) is 31.1 Å². The number of amides is 1. The minimum Gasteiger partial charge on any atom is -0.454 e. The molecule has 3 rings (SSSR count). The predicted octanol–water partition coefficient (Wildman–Crippen LogP) is 1.30. The van der Waals surface area contributed by atoms with E-state index in [-0.39, 0.29) is 37.1 Å². The average molecular weight is 598 g/mol. The van der Waals surface area contributed by atoms with Crippen molar-refractivity contribution in [1.82, 2.24) is 9.62 Å². The number of hydrogen-bond acceptors (Lipinski definition) is 9. The zero-order valence-corrected chi connectivity index (χ0v) is 25.0. The molecule has 0 aromatic heterocycles. The van der Waals surface area contributed by atoms with Crippen molar-refractivity contribution in [2.75, 3.05) is 26.1 Å². The van der Waals surface area contributed by atoms with Gasteiger partial charge in [0, 0.05) is 25.4 Å². The monoisotopic (exact) mass is 597 g/mol. The van der Waals surface area contributed by atoms with Crippen molar-refractivity contribution < 1.29 is 36.2 Å². The number of benzene rings is 2. The van der Waals surface area contributed by atoms with E-state index in [0.29, 0.717) is 11.5 Å². The van der Waals surface area contributed by atoms with Gasteiger partial charge in [0.05, 0.1) is 21.8 Å². The number of aliphatic hydroxyl groups excluding tert-OH is 1. The Bertz CT molecular complexity index is 1400. The zero-order valence-electron chi connectivity index (χ0n) is 23.4. The van der Waals surface area contributed by atoms with Crippen LogP contribution in [0.2, 0.25) is 0 Å². The molecule has 2 aromatic carbocycles. The molecule has 222 valence electrons. The lowest BCUT2D eigenvalue weighted by Gasteiger charge is -2.33. The van der Waals surface area contributed by atoms with Gasteiger partial charge in [-0.1, -0.05) is 44.2 Å². The summed E-state index contributed by atoms with van der Waals surface area (Å²) >= 11 is 0. The van der Waals surface area contributed by atoms with E-state index in [1.165, 1.54) is 36.4 Å². The van der Waals surface area contributed by atoms with E-state index in [1.54, 1.807) is 12.1 Å². The molecular formula is C27H39N3O8S2. The summed E-state index contributed by atoms with van der Waals surface area (Å²) in [5.41, 5.74) is 6.85. The highest BCUT2D eigenvalue weighted by atomic mass is 32.2. The van der Waals surface area contributed by atoms with E-state index in [1.807, 2.05) is 32.0 Å². The Kier molecular flexibility index (Phi) is 9.89. The van der Waals surface area contributed by atoms with Gasteiger partial charge >= 0.3 is 0 Å². The van der Waals surface area contributed by atoms with Crippen molar-refractivity contribution >= 4 is 25.8 Å². The summed E-state index contributed by atoms with van der Waals surface area (Å²) < 4.78 is 62.2. The number of aliphatic hydroxyl groups is 1. The number of ether oxygens (including phenoxy) is 2. The van der Waals surface area contributed by atoms with Crippen molar-refractivity contribution in [3.63, 3.8) is 0 Å². The second kappa shape index (κ2) is 12.4. The quantitative estimate of drug-likeness (QED) is 0.309. The second-order valence-electron chi connectivity index (χ2n) is 11.0. The molecule has 1 amide bonds. The lowest BCUT2D eigenvalue weighted by molar-refractivity contribution is -0.124. The Balaban J connectivity index is 1.91. The average Bonchev–Trinajstić information content (AvgIpc) is 3.35. The molecule has 40 heavy (non-hydrogen) atoms. The van der Waals surface area contributed by atoms with Gasteiger partial charge in [0.25, 0.3) is 0 Å². The van der Waals surface area contributed by atoms with Crippen molar-refractivity contribution in [2.45, 2.75) is 61.9 Å². The maximum absolute atomic E-state index is 13.7. The smallest absolute Gasteiger partial charge is 0.243 e. The number of fused-ring (bicyclic) bond motifs is 1. The van der Waals surface area contributed by atoms with Crippen molar-refractivity contribution in [1.29, 1.82) is 0 Å². The number of carbonyl (C=O) groups excluding carboxylic acids is 1. The molecular weight excluding hydrogens is 558 g/mol. The van der Waals surface area contributed by atoms with Crippen LogP contribution in [0.15, 0.2) is 53.4 Å². The first-order chi connectivity index (χ1) is 18.5. The number of sulfonamides is 1. The number of hydrogen-bond donors (Lipinski definition) is 3. The topological polar surface area (TPSA) is 165 Å². The highest BCUT2D eigenvalue weighted by Crippen LogP contribution is 2.35. The second-order valence-corrected chi connectivity index (χ2v) is 15.5. The minimum absolute atomic E-state index is 0.00754. The summed E-state index contributed by atoms with van der Waals surface area (Å²) in [6, 6.07) is 10.9. The minimum atomic E-state index is -4.09. The Labute approximate surface area is 236 Å². The van der Waals surface area contributed by atoms with Gasteiger partial charge < -0.3 is 25.6 Å². The number of rotatable bonds is 13. The molecule has 0 radical (unpaired) electrons. The maximum Gasteiger partial charge on any atom is 0.243 e. The SMILES string of the molecule is CC(C)CN(CC(O)C(Cc1ccccc1)NC(=O)C(N)C(C)(C)S(C)(=O)=O)S(=O)(=O)c1ccc2c(c1)OCO2. The summed E-state index contributed by atoms with van der Waals surface area (Å²) in [4.78, 5) is 13.1. The first-order valence-corrected chi connectivity index (χ1v) is 16.2. The summed E-state index contributed by atoms with van der Waals surface area (Å²) in [7, 11) is -7.79. The molecule has 3 unspecified atom stereocenters. The van der Waals surface area contributed by atoms with Gasteiger partial charge in [-0.05, 0) is 43.9 Å². The van der Waals surface area contributed by atoms with Crippen LogP contribution in [0.5, 0.6) is 11.5 Å². The van der Waals surface area contributed by atoms with Crippen LogP contribution in [0.3, 0.4) is 0 Å². The van der Waals surface area contributed by atoms with Gasteiger partial charge in [-0.25, -0.2) is 16.8 Å². The third-order valence-electron chi connectivity index (χ3n) is 7.02. The predicted molar refractivity (Wildman–Crippen MR) is 151 cm³/mol. The maximum atomic E-state index is 13.7. The fourth-order valence-electron chi connectivity index (χ4n) is 4.17. The van der Waals surface area contributed by atoms with E-state index in [9.17, 15) is 26.7 Å². The number of nitrogens with two attached hydrogens (primary N) is 1. The third-order valence-corrected chi connectivity index (χ3v) is 11.0. The summed E-state index contributed by atoms with van der Waals surface area (Å²) in [6.45, 7) is 6.17.